The van der Waals surface area contributed by atoms with Gasteiger partial charge >= 0.3 is 6.03 Å². The number of likely N-dealkylation sites (tertiary alicyclic amines) is 1. The zero-order chi connectivity index (χ0) is 22.0. The number of aromatic nitrogens is 3. The van der Waals surface area contributed by atoms with Crippen LogP contribution in [0.4, 0.5) is 14.9 Å². The van der Waals surface area contributed by atoms with Crippen LogP contribution in [-0.2, 0) is 13.0 Å². The van der Waals surface area contributed by atoms with E-state index in [4.69, 9.17) is 9.72 Å². The highest BCUT2D eigenvalue weighted by Gasteiger charge is 2.28. The molecule has 3 heterocycles. The molecule has 3 aromatic rings. The second-order valence-electron chi connectivity index (χ2n) is 8.46. The third-order valence-corrected chi connectivity index (χ3v) is 5.58. The molecule has 1 N–H and O–H groups in total. The van der Waals surface area contributed by atoms with Gasteiger partial charge in [0, 0.05) is 44.0 Å². The molecule has 1 atom stereocenters. The number of carbonyl (C=O) groups is 1. The Balaban J connectivity index is 1.42. The van der Waals surface area contributed by atoms with E-state index in [0.717, 1.165) is 36.4 Å². The molecule has 31 heavy (non-hydrogen) atoms. The number of nitrogens with zero attached hydrogens (tertiary/aromatic N) is 4. The highest BCUT2D eigenvalue weighted by molar-refractivity contribution is 5.89. The van der Waals surface area contributed by atoms with Crippen LogP contribution >= 0.6 is 0 Å². The van der Waals surface area contributed by atoms with E-state index in [9.17, 15) is 9.18 Å². The molecule has 0 saturated carbocycles. The van der Waals surface area contributed by atoms with E-state index in [2.05, 4.69) is 28.7 Å². The number of rotatable bonds is 6. The summed E-state index contributed by atoms with van der Waals surface area (Å²) in [5, 5.41) is 2.78. The number of fused-ring (bicyclic) bond motifs is 1. The van der Waals surface area contributed by atoms with Gasteiger partial charge in [-0.25, -0.2) is 19.2 Å². The molecule has 0 radical (unpaired) electrons. The zero-order valence-corrected chi connectivity index (χ0v) is 18.1. The second-order valence-corrected chi connectivity index (χ2v) is 8.46. The highest BCUT2D eigenvalue weighted by Crippen LogP contribution is 2.25. The van der Waals surface area contributed by atoms with E-state index >= 15 is 0 Å². The Labute approximate surface area is 181 Å². The standard InChI is InChI=1S/C23H28FN5O2/c1-15(2)13-29-21(27-19-5-4-9-25-22(19)29)11-16-8-10-28(14-16)23(30)26-17-6-7-20(31-3)18(24)12-17/h4-7,9,12,15-16H,8,10-11,13-14H2,1-3H3,(H,26,30)/t16-/m1/s1. The smallest absolute Gasteiger partial charge is 0.321 e. The molecule has 4 rings (SSSR count). The van der Waals surface area contributed by atoms with Gasteiger partial charge in [-0.1, -0.05) is 13.8 Å². The van der Waals surface area contributed by atoms with E-state index in [0.29, 0.717) is 30.6 Å². The summed E-state index contributed by atoms with van der Waals surface area (Å²) in [6, 6.07) is 8.09. The molecule has 164 valence electrons. The number of urea groups is 1. The number of hydrogen-bond acceptors (Lipinski definition) is 4. The maximum absolute atomic E-state index is 13.9. The minimum atomic E-state index is -0.503. The van der Waals surface area contributed by atoms with E-state index in [1.165, 1.54) is 19.2 Å². The number of amides is 2. The van der Waals surface area contributed by atoms with E-state index in [-0.39, 0.29) is 11.8 Å². The number of ether oxygens (including phenoxy) is 1. The fraction of sp³-hybridized carbons (Fsp3) is 0.435. The van der Waals surface area contributed by atoms with Crippen LogP contribution in [-0.4, -0.2) is 45.7 Å². The van der Waals surface area contributed by atoms with E-state index in [1.54, 1.807) is 17.2 Å². The predicted octanol–water partition coefficient (Wildman–Crippen LogP) is 4.33. The van der Waals surface area contributed by atoms with Crippen molar-refractivity contribution < 1.29 is 13.9 Å². The van der Waals surface area contributed by atoms with Crippen molar-refractivity contribution in [3.05, 3.63) is 48.2 Å². The molecule has 7 nitrogen and oxygen atoms in total. The molecule has 0 aliphatic carbocycles. The van der Waals surface area contributed by atoms with Gasteiger partial charge in [-0.15, -0.1) is 0 Å². The fourth-order valence-electron chi connectivity index (χ4n) is 4.11. The zero-order valence-electron chi connectivity index (χ0n) is 18.1. The van der Waals surface area contributed by atoms with Crippen LogP contribution in [0.15, 0.2) is 36.5 Å². The van der Waals surface area contributed by atoms with Crippen molar-refractivity contribution in [2.24, 2.45) is 11.8 Å². The van der Waals surface area contributed by atoms with Crippen LogP contribution in [0.3, 0.4) is 0 Å². The molecule has 1 saturated heterocycles. The highest BCUT2D eigenvalue weighted by atomic mass is 19.1. The maximum atomic E-state index is 13.9. The van der Waals surface area contributed by atoms with Crippen molar-refractivity contribution in [2.45, 2.75) is 33.2 Å². The Morgan fingerprint density at radius 2 is 2.19 bits per heavy atom. The monoisotopic (exact) mass is 425 g/mol. The van der Waals surface area contributed by atoms with Gasteiger partial charge in [0.2, 0.25) is 0 Å². The lowest BCUT2D eigenvalue weighted by Crippen LogP contribution is -2.33. The summed E-state index contributed by atoms with van der Waals surface area (Å²) in [5.41, 5.74) is 2.24. The largest absolute Gasteiger partial charge is 0.494 e. The summed E-state index contributed by atoms with van der Waals surface area (Å²) in [6.45, 7) is 6.54. The van der Waals surface area contributed by atoms with Crippen molar-refractivity contribution in [3.63, 3.8) is 0 Å². The number of nitrogens with one attached hydrogen (secondary N) is 1. The second kappa shape index (κ2) is 8.91. The average Bonchev–Trinajstić information content (AvgIpc) is 3.33. The summed E-state index contributed by atoms with van der Waals surface area (Å²) in [4.78, 5) is 23.8. The Morgan fingerprint density at radius 3 is 2.94 bits per heavy atom. The van der Waals surface area contributed by atoms with Crippen LogP contribution in [0, 0.1) is 17.7 Å². The predicted molar refractivity (Wildman–Crippen MR) is 118 cm³/mol. The molecule has 1 aliphatic rings. The van der Waals surface area contributed by atoms with Gasteiger partial charge < -0.3 is 19.5 Å². The third-order valence-electron chi connectivity index (χ3n) is 5.58. The number of hydrogen-bond donors (Lipinski definition) is 1. The molecule has 0 bridgehead atoms. The number of imidazole rings is 1. The Hall–Kier alpha value is -3.16. The van der Waals surface area contributed by atoms with Gasteiger partial charge in [0.1, 0.15) is 11.3 Å². The van der Waals surface area contributed by atoms with Gasteiger partial charge in [0.25, 0.3) is 0 Å². The summed E-state index contributed by atoms with van der Waals surface area (Å²) in [7, 11) is 1.41. The number of pyridine rings is 1. The van der Waals surface area contributed by atoms with Crippen LogP contribution in [0.5, 0.6) is 5.75 Å². The van der Waals surface area contributed by atoms with Crippen molar-refractivity contribution in [1.29, 1.82) is 0 Å². The fourth-order valence-corrected chi connectivity index (χ4v) is 4.11. The molecule has 1 aromatic carbocycles. The quantitative estimate of drug-likeness (QED) is 0.638. The number of anilines is 1. The van der Waals surface area contributed by atoms with Gasteiger partial charge in [0.05, 0.1) is 7.11 Å². The molecule has 2 aromatic heterocycles. The average molecular weight is 426 g/mol. The summed E-state index contributed by atoms with van der Waals surface area (Å²) in [6.07, 6.45) is 3.50. The molecular formula is C23H28FN5O2. The third kappa shape index (κ3) is 4.62. The first-order valence-electron chi connectivity index (χ1n) is 10.6. The molecule has 1 aliphatic heterocycles. The number of halogens is 1. The Morgan fingerprint density at radius 1 is 1.35 bits per heavy atom. The Bertz CT molecular complexity index is 1080. The lowest BCUT2D eigenvalue weighted by molar-refractivity contribution is 0.220. The normalized spacial score (nSPS) is 16.3. The van der Waals surface area contributed by atoms with Crippen LogP contribution in [0.25, 0.3) is 11.2 Å². The van der Waals surface area contributed by atoms with Gasteiger partial charge in [0.15, 0.2) is 17.2 Å². The van der Waals surface area contributed by atoms with Crippen LogP contribution in [0.1, 0.15) is 26.1 Å². The van der Waals surface area contributed by atoms with Gasteiger partial charge in [-0.2, -0.15) is 0 Å². The molecule has 0 spiro atoms. The maximum Gasteiger partial charge on any atom is 0.321 e. The summed E-state index contributed by atoms with van der Waals surface area (Å²) in [5.74, 6) is 1.47. The van der Waals surface area contributed by atoms with E-state index < -0.39 is 5.82 Å². The first-order valence-corrected chi connectivity index (χ1v) is 10.6. The van der Waals surface area contributed by atoms with E-state index in [1.807, 2.05) is 12.1 Å². The minimum Gasteiger partial charge on any atom is -0.494 e. The molecule has 1 fully saturated rings. The van der Waals surface area contributed by atoms with Gasteiger partial charge in [-0.3, -0.25) is 0 Å². The lowest BCUT2D eigenvalue weighted by Gasteiger charge is -2.18. The summed E-state index contributed by atoms with van der Waals surface area (Å²) >= 11 is 0. The van der Waals surface area contributed by atoms with Crippen molar-refractivity contribution in [1.82, 2.24) is 19.4 Å². The van der Waals surface area contributed by atoms with Crippen molar-refractivity contribution >= 4 is 22.9 Å². The van der Waals surface area contributed by atoms with Crippen molar-refractivity contribution in [3.8, 4) is 5.75 Å². The molecule has 0 unspecified atom stereocenters. The first-order chi connectivity index (χ1) is 14.9. The van der Waals surface area contributed by atoms with Crippen molar-refractivity contribution in [2.75, 3.05) is 25.5 Å². The molecule has 8 heteroatoms. The minimum absolute atomic E-state index is 0.151. The van der Waals surface area contributed by atoms with Crippen LogP contribution in [0.2, 0.25) is 0 Å². The summed E-state index contributed by atoms with van der Waals surface area (Å²) < 4.78 is 21.0. The van der Waals surface area contributed by atoms with Gasteiger partial charge in [-0.05, 0) is 42.5 Å². The first kappa shape index (κ1) is 21.1. The lowest BCUT2D eigenvalue weighted by atomic mass is 10.0. The Kier molecular flexibility index (Phi) is 6.06. The SMILES string of the molecule is COc1ccc(NC(=O)N2CC[C@H](Cc3nc4cccnc4n3CC(C)C)C2)cc1F. The number of carbonyl (C=O) groups excluding carboxylic acids is 1. The van der Waals surface area contributed by atoms with Crippen LogP contribution < -0.4 is 10.1 Å². The number of methoxy groups -OCH3 is 1. The molecular weight excluding hydrogens is 397 g/mol. The molecule has 2 amide bonds. The number of benzene rings is 1. The topological polar surface area (TPSA) is 72.3 Å².